The number of nitrogens with zero attached hydrogens (tertiary/aromatic N) is 3. The summed E-state index contributed by atoms with van der Waals surface area (Å²) in [6.07, 6.45) is -5.56. The third-order valence-electron chi connectivity index (χ3n) is 5.95. The third kappa shape index (κ3) is 7.05. The zero-order valence-electron chi connectivity index (χ0n) is 23.0. The number of carbonyl (C=O) groups is 2. The molecule has 0 aliphatic carbocycles. The normalized spacial score (nSPS) is 20.1. The monoisotopic (exact) mass is 583 g/mol. The second-order valence-electron chi connectivity index (χ2n) is 11.6. The molecule has 0 saturated carbocycles. The van der Waals surface area contributed by atoms with Crippen molar-refractivity contribution in [2.75, 3.05) is 6.54 Å². The summed E-state index contributed by atoms with van der Waals surface area (Å²) in [5.41, 5.74) is -0.965. The van der Waals surface area contributed by atoms with Crippen LogP contribution in [-0.4, -0.2) is 67.6 Å². The molecule has 1 aliphatic heterocycles. The van der Waals surface area contributed by atoms with Gasteiger partial charge in [0.2, 0.25) is 0 Å². The van der Waals surface area contributed by atoms with E-state index in [-0.39, 0.29) is 17.9 Å². The minimum absolute atomic E-state index is 0.0764. The Morgan fingerprint density at radius 2 is 1.65 bits per heavy atom. The van der Waals surface area contributed by atoms with Gasteiger partial charge < -0.3 is 19.3 Å². The highest BCUT2D eigenvalue weighted by Gasteiger charge is 2.47. The van der Waals surface area contributed by atoms with Gasteiger partial charge in [-0.15, -0.1) is 0 Å². The minimum atomic E-state index is -4.51. The molecule has 218 valence electrons. The van der Waals surface area contributed by atoms with Crippen LogP contribution in [0.3, 0.4) is 0 Å². The molecule has 3 atom stereocenters. The number of fused-ring (bicyclic) bond motifs is 1. The van der Waals surface area contributed by atoms with Gasteiger partial charge in [0, 0.05) is 12.4 Å². The standard InChI is InChI=1S/C27H32F3N3O6S/c1-25(2,3)38-23(35)33-12-18(37-24(36)39-26(4,5)6)21(34)17(33)11-15-7-9-16(10-8-15)19-13-32-14-20(27(28,29)30)31-22(32)40-19/h7-10,13-14,17-18,21,34H,11-12H2,1-6H3/t17-,18+,21+/m1/s1. The molecule has 1 saturated heterocycles. The predicted octanol–water partition coefficient (Wildman–Crippen LogP) is 5.92. The number of ether oxygens (including phenoxy) is 3. The van der Waals surface area contributed by atoms with Crippen LogP contribution in [0.1, 0.15) is 52.8 Å². The van der Waals surface area contributed by atoms with Crippen molar-refractivity contribution in [3.8, 4) is 10.4 Å². The van der Waals surface area contributed by atoms with Crippen LogP contribution in [-0.2, 0) is 26.8 Å². The Hall–Kier alpha value is -3.32. The van der Waals surface area contributed by atoms with E-state index in [1.54, 1.807) is 72.0 Å². The van der Waals surface area contributed by atoms with E-state index in [0.29, 0.717) is 0 Å². The molecule has 4 rings (SSSR count). The van der Waals surface area contributed by atoms with E-state index < -0.39 is 53.6 Å². The highest BCUT2D eigenvalue weighted by atomic mass is 32.1. The van der Waals surface area contributed by atoms with Crippen LogP contribution in [0.2, 0.25) is 0 Å². The summed E-state index contributed by atoms with van der Waals surface area (Å²) in [5, 5.41) is 11.1. The molecule has 0 unspecified atom stereocenters. The summed E-state index contributed by atoms with van der Waals surface area (Å²) in [6, 6.07) is 6.47. The number of benzene rings is 1. The maximum Gasteiger partial charge on any atom is 0.509 e. The highest BCUT2D eigenvalue weighted by Crippen LogP contribution is 2.34. The molecule has 0 radical (unpaired) electrons. The van der Waals surface area contributed by atoms with E-state index in [4.69, 9.17) is 14.2 Å². The number of aromatic nitrogens is 2. The van der Waals surface area contributed by atoms with Gasteiger partial charge in [0.25, 0.3) is 0 Å². The Labute approximate surface area is 233 Å². The first-order valence-electron chi connectivity index (χ1n) is 12.6. The lowest BCUT2D eigenvalue weighted by Gasteiger charge is -2.29. The first-order valence-corrected chi connectivity index (χ1v) is 13.4. The van der Waals surface area contributed by atoms with Crippen molar-refractivity contribution >= 4 is 28.5 Å². The quantitative estimate of drug-likeness (QED) is 0.380. The number of aliphatic hydroxyl groups is 1. The number of thiazole rings is 1. The van der Waals surface area contributed by atoms with E-state index in [9.17, 15) is 27.9 Å². The lowest BCUT2D eigenvalue weighted by atomic mass is 10.00. The fourth-order valence-corrected chi connectivity index (χ4v) is 5.22. The van der Waals surface area contributed by atoms with Gasteiger partial charge in [0.1, 0.15) is 17.3 Å². The van der Waals surface area contributed by atoms with Crippen LogP contribution in [0, 0.1) is 0 Å². The lowest BCUT2D eigenvalue weighted by Crippen LogP contribution is -2.43. The van der Waals surface area contributed by atoms with Gasteiger partial charge in [-0.25, -0.2) is 14.6 Å². The molecular formula is C27H32F3N3O6S. The topological polar surface area (TPSA) is 103 Å². The summed E-state index contributed by atoms with van der Waals surface area (Å²) >= 11 is 1.13. The number of hydrogen-bond acceptors (Lipinski definition) is 8. The number of imidazole rings is 1. The van der Waals surface area contributed by atoms with Gasteiger partial charge in [-0.05, 0) is 59.1 Å². The molecule has 1 aromatic carbocycles. The summed E-state index contributed by atoms with van der Waals surface area (Å²) < 4.78 is 56.2. The van der Waals surface area contributed by atoms with Crippen molar-refractivity contribution in [2.24, 2.45) is 0 Å². The molecule has 1 amide bonds. The predicted molar refractivity (Wildman–Crippen MR) is 141 cm³/mol. The Kier molecular flexibility index (Phi) is 7.85. The average Bonchev–Trinajstić information content (AvgIpc) is 3.45. The van der Waals surface area contributed by atoms with Crippen LogP contribution < -0.4 is 0 Å². The van der Waals surface area contributed by atoms with Gasteiger partial charge in [0.15, 0.2) is 16.8 Å². The Morgan fingerprint density at radius 1 is 1.02 bits per heavy atom. The number of alkyl halides is 3. The molecule has 1 aliphatic rings. The van der Waals surface area contributed by atoms with Crippen molar-refractivity contribution in [3.63, 3.8) is 0 Å². The largest absolute Gasteiger partial charge is 0.509 e. The summed E-state index contributed by atoms with van der Waals surface area (Å²) in [5.74, 6) is 0. The second kappa shape index (κ2) is 10.6. The molecule has 9 nitrogen and oxygen atoms in total. The smallest absolute Gasteiger partial charge is 0.444 e. The number of halogens is 3. The van der Waals surface area contributed by atoms with Crippen molar-refractivity contribution in [3.05, 3.63) is 47.9 Å². The maximum absolute atomic E-state index is 13.0. The minimum Gasteiger partial charge on any atom is -0.444 e. The molecule has 3 heterocycles. The summed E-state index contributed by atoms with van der Waals surface area (Å²) in [4.78, 5) is 31.2. The second-order valence-corrected chi connectivity index (χ2v) is 12.6. The van der Waals surface area contributed by atoms with Crippen LogP contribution in [0.15, 0.2) is 36.7 Å². The number of amides is 1. The third-order valence-corrected chi connectivity index (χ3v) is 6.99. The fourth-order valence-electron chi connectivity index (χ4n) is 4.25. The SMILES string of the molecule is CC(C)(C)OC(=O)O[C@H]1CN(C(=O)OC(C)(C)C)[C@H](Cc2ccc(-c3cn4cc(C(F)(F)F)nc4s3)cc2)[C@@H]1O. The highest BCUT2D eigenvalue weighted by molar-refractivity contribution is 7.20. The van der Waals surface area contributed by atoms with Crippen LogP contribution in [0.4, 0.5) is 22.8 Å². The van der Waals surface area contributed by atoms with Crippen LogP contribution in [0.5, 0.6) is 0 Å². The first-order chi connectivity index (χ1) is 18.4. The van der Waals surface area contributed by atoms with Gasteiger partial charge >= 0.3 is 18.4 Å². The van der Waals surface area contributed by atoms with Crippen LogP contribution in [0.25, 0.3) is 15.4 Å². The maximum atomic E-state index is 13.0. The van der Waals surface area contributed by atoms with Crippen LogP contribution >= 0.6 is 11.3 Å². The number of hydrogen-bond donors (Lipinski definition) is 1. The molecule has 13 heteroatoms. The Balaban J connectivity index is 1.51. The van der Waals surface area contributed by atoms with Gasteiger partial charge in [0.05, 0.1) is 17.5 Å². The zero-order valence-corrected chi connectivity index (χ0v) is 23.8. The number of aliphatic hydroxyl groups excluding tert-OH is 1. The van der Waals surface area contributed by atoms with E-state index in [1.165, 1.54) is 9.30 Å². The summed E-state index contributed by atoms with van der Waals surface area (Å²) in [6.45, 7) is 10.2. The van der Waals surface area contributed by atoms with Crippen molar-refractivity contribution < 1.29 is 42.1 Å². The molecule has 0 spiro atoms. The van der Waals surface area contributed by atoms with E-state index in [0.717, 1.165) is 33.5 Å². The molecular weight excluding hydrogens is 551 g/mol. The molecule has 1 N–H and O–H groups in total. The fraction of sp³-hybridized carbons (Fsp3) is 0.519. The van der Waals surface area contributed by atoms with E-state index >= 15 is 0 Å². The summed E-state index contributed by atoms with van der Waals surface area (Å²) in [7, 11) is 0. The van der Waals surface area contributed by atoms with Crippen molar-refractivity contribution in [1.29, 1.82) is 0 Å². The van der Waals surface area contributed by atoms with E-state index in [2.05, 4.69) is 4.98 Å². The van der Waals surface area contributed by atoms with Gasteiger partial charge in [-0.2, -0.15) is 13.2 Å². The zero-order chi connectivity index (χ0) is 29.6. The van der Waals surface area contributed by atoms with E-state index in [1.807, 2.05) is 0 Å². The Bertz CT molecular complexity index is 1340. The lowest BCUT2D eigenvalue weighted by molar-refractivity contribution is -0.140. The van der Waals surface area contributed by atoms with Crippen molar-refractivity contribution in [1.82, 2.24) is 14.3 Å². The first kappa shape index (κ1) is 29.7. The molecule has 40 heavy (non-hydrogen) atoms. The van der Waals surface area contributed by atoms with Crippen molar-refractivity contribution in [2.45, 2.75) is 83.6 Å². The molecule has 2 aromatic heterocycles. The Morgan fingerprint density at radius 3 is 2.20 bits per heavy atom. The average molecular weight is 584 g/mol. The van der Waals surface area contributed by atoms with Gasteiger partial charge in [-0.3, -0.25) is 9.30 Å². The number of likely N-dealkylation sites (tertiary alicyclic amines) is 1. The number of carbonyl (C=O) groups excluding carboxylic acids is 2. The van der Waals surface area contributed by atoms with Gasteiger partial charge in [-0.1, -0.05) is 35.6 Å². The number of rotatable bonds is 4. The molecule has 0 bridgehead atoms. The molecule has 3 aromatic rings. The molecule has 1 fully saturated rings.